The second kappa shape index (κ2) is 3.81. The van der Waals surface area contributed by atoms with Gasteiger partial charge in [-0.1, -0.05) is 12.8 Å². The lowest BCUT2D eigenvalue weighted by atomic mass is 9.85. The van der Waals surface area contributed by atoms with Crippen LogP contribution in [0.1, 0.15) is 31.5 Å². The van der Waals surface area contributed by atoms with Crippen LogP contribution in [0.2, 0.25) is 0 Å². The molecular weight excluding hydrogens is 212 g/mol. The van der Waals surface area contributed by atoms with Gasteiger partial charge in [-0.15, -0.1) is 0 Å². The minimum absolute atomic E-state index is 0.0788. The van der Waals surface area contributed by atoms with Gasteiger partial charge in [0.05, 0.1) is 5.52 Å². The van der Waals surface area contributed by atoms with E-state index in [1.807, 2.05) is 6.07 Å². The number of hydrogen-bond donors (Lipinski definition) is 1. The zero-order chi connectivity index (χ0) is 11.9. The van der Waals surface area contributed by atoms with E-state index in [4.69, 9.17) is 10.7 Å². The van der Waals surface area contributed by atoms with Gasteiger partial charge in [0.15, 0.2) is 5.65 Å². The number of aryl methyl sites for hydroxylation is 1. The summed E-state index contributed by atoms with van der Waals surface area (Å²) in [5, 5.41) is 0. The summed E-state index contributed by atoms with van der Waals surface area (Å²) in [5.41, 5.74) is 8.03. The topological polar surface area (TPSA) is 56.7 Å². The minimum Gasteiger partial charge on any atom is -0.329 e. The second-order valence-electron chi connectivity index (χ2n) is 5.03. The number of nitrogens with zero attached hydrogens (tertiary/aromatic N) is 3. The van der Waals surface area contributed by atoms with Crippen LogP contribution in [0, 0.1) is 0 Å². The van der Waals surface area contributed by atoms with E-state index < -0.39 is 0 Å². The first-order chi connectivity index (χ1) is 8.27. The van der Waals surface area contributed by atoms with Gasteiger partial charge in [0.1, 0.15) is 5.82 Å². The van der Waals surface area contributed by atoms with Crippen molar-refractivity contribution >= 4 is 11.2 Å². The summed E-state index contributed by atoms with van der Waals surface area (Å²) in [5.74, 6) is 1.12. The lowest BCUT2D eigenvalue weighted by Crippen LogP contribution is -2.34. The van der Waals surface area contributed by atoms with Crippen molar-refractivity contribution in [3.63, 3.8) is 0 Å². The zero-order valence-electron chi connectivity index (χ0n) is 10.2. The van der Waals surface area contributed by atoms with E-state index in [0.29, 0.717) is 6.54 Å². The molecule has 3 rings (SSSR count). The lowest BCUT2D eigenvalue weighted by Gasteiger charge is -2.26. The molecule has 0 radical (unpaired) electrons. The SMILES string of the molecule is Cn1c(C2(CN)CCCC2)nc2ncccc21. The Labute approximate surface area is 101 Å². The number of pyridine rings is 1. The quantitative estimate of drug-likeness (QED) is 0.855. The third-order valence-electron chi connectivity index (χ3n) is 4.08. The maximum absolute atomic E-state index is 6.02. The van der Waals surface area contributed by atoms with Gasteiger partial charge in [0.2, 0.25) is 0 Å². The Morgan fingerprint density at radius 2 is 2.18 bits per heavy atom. The van der Waals surface area contributed by atoms with Crippen LogP contribution in [0.5, 0.6) is 0 Å². The number of rotatable bonds is 2. The molecule has 1 fully saturated rings. The Kier molecular flexibility index (Phi) is 2.40. The van der Waals surface area contributed by atoms with Crippen LogP contribution in [-0.4, -0.2) is 21.1 Å². The Balaban J connectivity index is 2.19. The molecule has 1 aliphatic rings. The lowest BCUT2D eigenvalue weighted by molar-refractivity contribution is 0.414. The smallest absolute Gasteiger partial charge is 0.177 e. The summed E-state index contributed by atoms with van der Waals surface area (Å²) in [7, 11) is 2.07. The Morgan fingerprint density at radius 3 is 2.82 bits per heavy atom. The molecule has 17 heavy (non-hydrogen) atoms. The van der Waals surface area contributed by atoms with Crippen LogP contribution < -0.4 is 5.73 Å². The fraction of sp³-hybridized carbons (Fsp3) is 0.538. The molecule has 2 aromatic heterocycles. The van der Waals surface area contributed by atoms with Crippen molar-refractivity contribution in [3.05, 3.63) is 24.2 Å². The van der Waals surface area contributed by atoms with E-state index >= 15 is 0 Å². The first kappa shape index (κ1) is 10.7. The van der Waals surface area contributed by atoms with Gasteiger partial charge < -0.3 is 10.3 Å². The highest BCUT2D eigenvalue weighted by Crippen LogP contribution is 2.40. The number of hydrogen-bond acceptors (Lipinski definition) is 3. The highest BCUT2D eigenvalue weighted by atomic mass is 15.1. The molecule has 1 aliphatic carbocycles. The minimum atomic E-state index is 0.0788. The molecule has 0 saturated heterocycles. The van der Waals surface area contributed by atoms with Crippen molar-refractivity contribution in [2.75, 3.05) is 6.54 Å². The zero-order valence-corrected chi connectivity index (χ0v) is 10.2. The first-order valence-corrected chi connectivity index (χ1v) is 6.25. The summed E-state index contributed by atoms with van der Waals surface area (Å²) < 4.78 is 2.17. The molecule has 90 valence electrons. The number of fused-ring (bicyclic) bond motifs is 1. The van der Waals surface area contributed by atoms with E-state index in [0.717, 1.165) is 29.8 Å². The third-order valence-corrected chi connectivity index (χ3v) is 4.08. The Bertz CT molecular complexity index is 537. The maximum Gasteiger partial charge on any atom is 0.177 e. The van der Waals surface area contributed by atoms with Crippen molar-refractivity contribution in [2.24, 2.45) is 12.8 Å². The highest BCUT2D eigenvalue weighted by molar-refractivity contribution is 5.71. The van der Waals surface area contributed by atoms with Gasteiger partial charge in [-0.25, -0.2) is 9.97 Å². The fourth-order valence-corrected chi connectivity index (χ4v) is 3.07. The van der Waals surface area contributed by atoms with E-state index in [-0.39, 0.29) is 5.41 Å². The predicted octanol–water partition coefficient (Wildman–Crippen LogP) is 1.74. The van der Waals surface area contributed by atoms with Crippen molar-refractivity contribution in [2.45, 2.75) is 31.1 Å². The summed E-state index contributed by atoms with van der Waals surface area (Å²) in [6.07, 6.45) is 6.62. The van der Waals surface area contributed by atoms with Crippen molar-refractivity contribution in [3.8, 4) is 0 Å². The van der Waals surface area contributed by atoms with Crippen molar-refractivity contribution in [1.82, 2.24) is 14.5 Å². The molecule has 2 heterocycles. The van der Waals surface area contributed by atoms with Crippen molar-refractivity contribution < 1.29 is 0 Å². The predicted molar refractivity (Wildman–Crippen MR) is 67.7 cm³/mol. The highest BCUT2D eigenvalue weighted by Gasteiger charge is 2.38. The van der Waals surface area contributed by atoms with E-state index in [9.17, 15) is 0 Å². The van der Waals surface area contributed by atoms with Crippen LogP contribution in [0.25, 0.3) is 11.2 Å². The second-order valence-corrected chi connectivity index (χ2v) is 5.03. The van der Waals surface area contributed by atoms with Gasteiger partial charge >= 0.3 is 0 Å². The molecule has 0 spiro atoms. The molecule has 1 saturated carbocycles. The molecule has 2 N–H and O–H groups in total. The van der Waals surface area contributed by atoms with E-state index in [1.165, 1.54) is 12.8 Å². The molecule has 2 aromatic rings. The number of nitrogens with two attached hydrogens (primary N) is 1. The van der Waals surface area contributed by atoms with Crippen LogP contribution in [0.15, 0.2) is 18.3 Å². The average molecular weight is 230 g/mol. The van der Waals surface area contributed by atoms with Gasteiger partial charge in [-0.05, 0) is 25.0 Å². The van der Waals surface area contributed by atoms with E-state index in [2.05, 4.69) is 22.7 Å². The molecule has 0 bridgehead atoms. The van der Waals surface area contributed by atoms with Crippen LogP contribution in [0.3, 0.4) is 0 Å². The van der Waals surface area contributed by atoms with Gasteiger partial charge in [-0.3, -0.25) is 0 Å². The summed E-state index contributed by atoms with van der Waals surface area (Å²) >= 11 is 0. The maximum atomic E-state index is 6.02. The molecule has 0 amide bonds. The number of aromatic nitrogens is 3. The monoisotopic (exact) mass is 230 g/mol. The van der Waals surface area contributed by atoms with E-state index in [1.54, 1.807) is 6.20 Å². The summed E-state index contributed by atoms with van der Waals surface area (Å²) in [6.45, 7) is 0.685. The van der Waals surface area contributed by atoms with Crippen LogP contribution in [0.4, 0.5) is 0 Å². The fourth-order valence-electron chi connectivity index (χ4n) is 3.07. The average Bonchev–Trinajstić information content (AvgIpc) is 2.96. The van der Waals surface area contributed by atoms with Gasteiger partial charge in [0, 0.05) is 25.2 Å². The molecule has 0 unspecified atom stereocenters. The standard InChI is InChI=1S/C13H18N4/c1-17-10-5-4-8-15-11(10)16-12(17)13(9-14)6-2-3-7-13/h4-5,8H,2-3,6-7,9,14H2,1H3. The Morgan fingerprint density at radius 1 is 1.41 bits per heavy atom. The first-order valence-electron chi connectivity index (χ1n) is 6.25. The number of imidazole rings is 1. The normalized spacial score (nSPS) is 18.9. The molecule has 0 atom stereocenters. The molecule has 4 nitrogen and oxygen atoms in total. The Hall–Kier alpha value is -1.42. The third kappa shape index (κ3) is 1.47. The van der Waals surface area contributed by atoms with Crippen molar-refractivity contribution in [1.29, 1.82) is 0 Å². The molecule has 0 aromatic carbocycles. The van der Waals surface area contributed by atoms with Gasteiger partial charge in [-0.2, -0.15) is 0 Å². The van der Waals surface area contributed by atoms with Crippen LogP contribution >= 0.6 is 0 Å². The molecule has 0 aliphatic heterocycles. The van der Waals surface area contributed by atoms with Gasteiger partial charge in [0.25, 0.3) is 0 Å². The summed E-state index contributed by atoms with van der Waals surface area (Å²) in [4.78, 5) is 9.04. The summed E-state index contributed by atoms with van der Waals surface area (Å²) in [6, 6.07) is 4.02. The molecular formula is C13H18N4. The van der Waals surface area contributed by atoms with Crippen LogP contribution in [-0.2, 0) is 12.5 Å². The molecule has 4 heteroatoms. The largest absolute Gasteiger partial charge is 0.329 e.